The molecule has 5 heteroatoms. The van der Waals surface area contributed by atoms with E-state index < -0.39 is 0 Å². The monoisotopic (exact) mass is 296 g/mol. The van der Waals surface area contributed by atoms with Crippen LogP contribution in [0.3, 0.4) is 0 Å². The first-order valence-electron chi connectivity index (χ1n) is 8.46. The lowest BCUT2D eigenvalue weighted by Crippen LogP contribution is -2.48. The fraction of sp³-hybridized carbons (Fsp3) is 0.938. The van der Waals surface area contributed by atoms with Gasteiger partial charge in [-0.3, -0.25) is 4.79 Å². The minimum atomic E-state index is -0.0535. The third-order valence-corrected chi connectivity index (χ3v) is 5.16. The fourth-order valence-corrected chi connectivity index (χ4v) is 3.80. The van der Waals surface area contributed by atoms with Crippen LogP contribution < -0.4 is 5.32 Å². The Morgan fingerprint density at radius 1 is 1.05 bits per heavy atom. The molecular formula is C16H28N2O3. The number of methoxy groups -OCH3 is 1. The molecule has 1 aliphatic carbocycles. The Balaban J connectivity index is 1.41. The van der Waals surface area contributed by atoms with Gasteiger partial charge in [-0.15, -0.1) is 0 Å². The van der Waals surface area contributed by atoms with Crippen LogP contribution in [0, 0.1) is 0 Å². The van der Waals surface area contributed by atoms with Gasteiger partial charge >= 0.3 is 0 Å². The van der Waals surface area contributed by atoms with Crippen molar-refractivity contribution in [2.45, 2.75) is 69.3 Å². The standard InChI is InChI=1S/C16H28N2O3/c1-20-14-10-15(17-11-14)16(19)18-8-6-13(7-9-18)21-12-4-2-3-5-12/h12-15,17H,2-11H2,1H3/t14-,15-/m0/s1. The molecule has 1 N–H and O–H groups in total. The summed E-state index contributed by atoms with van der Waals surface area (Å²) in [5.74, 6) is 0.244. The van der Waals surface area contributed by atoms with E-state index in [-0.39, 0.29) is 18.1 Å². The van der Waals surface area contributed by atoms with Gasteiger partial charge in [0.25, 0.3) is 0 Å². The van der Waals surface area contributed by atoms with E-state index in [4.69, 9.17) is 9.47 Å². The second-order valence-electron chi connectivity index (χ2n) is 6.62. The average Bonchev–Trinajstić information content (AvgIpc) is 3.18. The van der Waals surface area contributed by atoms with Crippen molar-refractivity contribution >= 4 is 5.91 Å². The second-order valence-corrected chi connectivity index (χ2v) is 6.62. The molecule has 5 nitrogen and oxygen atoms in total. The van der Waals surface area contributed by atoms with E-state index >= 15 is 0 Å². The molecule has 1 amide bonds. The molecule has 3 rings (SSSR count). The maximum atomic E-state index is 12.5. The van der Waals surface area contributed by atoms with Gasteiger partial charge in [0.15, 0.2) is 0 Å². The van der Waals surface area contributed by atoms with Crippen molar-refractivity contribution in [1.82, 2.24) is 10.2 Å². The van der Waals surface area contributed by atoms with E-state index in [2.05, 4.69) is 5.32 Å². The summed E-state index contributed by atoms with van der Waals surface area (Å²) in [7, 11) is 1.71. The summed E-state index contributed by atoms with van der Waals surface area (Å²) in [5, 5.41) is 3.28. The summed E-state index contributed by atoms with van der Waals surface area (Å²) in [5.41, 5.74) is 0. The highest BCUT2D eigenvalue weighted by Crippen LogP contribution is 2.26. The Bertz CT molecular complexity index is 349. The summed E-state index contributed by atoms with van der Waals surface area (Å²) in [6.45, 7) is 2.46. The molecule has 3 aliphatic rings. The van der Waals surface area contributed by atoms with E-state index in [1.165, 1.54) is 25.7 Å². The van der Waals surface area contributed by atoms with Gasteiger partial charge in [-0.05, 0) is 32.1 Å². The predicted octanol–water partition coefficient (Wildman–Crippen LogP) is 1.31. The van der Waals surface area contributed by atoms with Crippen molar-refractivity contribution in [3.63, 3.8) is 0 Å². The van der Waals surface area contributed by atoms with Crippen LogP contribution in [0.4, 0.5) is 0 Å². The number of carbonyl (C=O) groups excluding carboxylic acids is 1. The van der Waals surface area contributed by atoms with Crippen molar-refractivity contribution in [3.05, 3.63) is 0 Å². The van der Waals surface area contributed by atoms with Crippen molar-refractivity contribution in [2.75, 3.05) is 26.7 Å². The first-order valence-corrected chi connectivity index (χ1v) is 8.46. The molecule has 3 fully saturated rings. The molecule has 0 aromatic rings. The number of piperidine rings is 1. The van der Waals surface area contributed by atoms with Crippen LogP contribution in [0.1, 0.15) is 44.9 Å². The summed E-state index contributed by atoms with van der Waals surface area (Å²) in [4.78, 5) is 14.5. The largest absolute Gasteiger partial charge is 0.380 e. The van der Waals surface area contributed by atoms with Gasteiger partial charge in [-0.1, -0.05) is 12.8 Å². The predicted molar refractivity (Wildman–Crippen MR) is 80.1 cm³/mol. The molecule has 120 valence electrons. The van der Waals surface area contributed by atoms with Crippen molar-refractivity contribution in [1.29, 1.82) is 0 Å². The average molecular weight is 296 g/mol. The molecule has 0 unspecified atom stereocenters. The second kappa shape index (κ2) is 7.07. The zero-order chi connectivity index (χ0) is 14.7. The van der Waals surface area contributed by atoms with Gasteiger partial charge in [-0.2, -0.15) is 0 Å². The van der Waals surface area contributed by atoms with Gasteiger partial charge in [0.05, 0.1) is 24.4 Å². The molecule has 2 aliphatic heterocycles. The third kappa shape index (κ3) is 3.76. The minimum absolute atomic E-state index is 0.0535. The highest BCUT2D eigenvalue weighted by atomic mass is 16.5. The number of rotatable bonds is 4. The molecule has 0 spiro atoms. The first-order chi connectivity index (χ1) is 10.3. The Hall–Kier alpha value is -0.650. The van der Waals surface area contributed by atoms with E-state index in [0.717, 1.165) is 38.9 Å². The Morgan fingerprint density at radius 2 is 1.71 bits per heavy atom. The van der Waals surface area contributed by atoms with Gasteiger partial charge < -0.3 is 19.7 Å². The summed E-state index contributed by atoms with van der Waals surface area (Å²) in [6.07, 6.45) is 8.89. The maximum Gasteiger partial charge on any atom is 0.239 e. The lowest BCUT2D eigenvalue weighted by atomic mass is 10.1. The van der Waals surface area contributed by atoms with Crippen molar-refractivity contribution in [3.8, 4) is 0 Å². The van der Waals surface area contributed by atoms with Gasteiger partial charge in [-0.25, -0.2) is 0 Å². The molecule has 0 aromatic heterocycles. The molecule has 0 aromatic carbocycles. The highest BCUT2D eigenvalue weighted by Gasteiger charge is 2.34. The lowest BCUT2D eigenvalue weighted by molar-refractivity contribution is -0.136. The first kappa shape index (κ1) is 15.3. The molecule has 0 bridgehead atoms. The summed E-state index contributed by atoms with van der Waals surface area (Å²) >= 11 is 0. The Morgan fingerprint density at radius 3 is 2.33 bits per heavy atom. The van der Waals surface area contributed by atoms with E-state index in [1.54, 1.807) is 7.11 Å². The van der Waals surface area contributed by atoms with E-state index in [0.29, 0.717) is 12.2 Å². The molecule has 21 heavy (non-hydrogen) atoms. The van der Waals surface area contributed by atoms with Crippen LogP contribution in [0.15, 0.2) is 0 Å². The SMILES string of the molecule is CO[C@@H]1CN[C@H](C(=O)N2CCC(OC3CCCC3)CC2)C1. The van der Waals surface area contributed by atoms with Crippen molar-refractivity contribution < 1.29 is 14.3 Å². The maximum absolute atomic E-state index is 12.5. The van der Waals surface area contributed by atoms with Gasteiger partial charge in [0, 0.05) is 26.7 Å². The molecule has 2 heterocycles. The van der Waals surface area contributed by atoms with Crippen LogP contribution >= 0.6 is 0 Å². The zero-order valence-corrected chi connectivity index (χ0v) is 13.1. The Kier molecular flexibility index (Phi) is 5.14. The molecule has 2 saturated heterocycles. The number of nitrogens with one attached hydrogen (secondary N) is 1. The lowest BCUT2D eigenvalue weighted by Gasteiger charge is -2.34. The van der Waals surface area contributed by atoms with Crippen LogP contribution in [0.25, 0.3) is 0 Å². The minimum Gasteiger partial charge on any atom is -0.380 e. The van der Waals surface area contributed by atoms with E-state index in [1.807, 2.05) is 4.90 Å². The fourth-order valence-electron chi connectivity index (χ4n) is 3.80. The van der Waals surface area contributed by atoms with Crippen LogP contribution in [-0.4, -0.2) is 61.9 Å². The molecular weight excluding hydrogens is 268 g/mol. The van der Waals surface area contributed by atoms with Crippen LogP contribution in [-0.2, 0) is 14.3 Å². The molecule has 2 atom stereocenters. The summed E-state index contributed by atoms with van der Waals surface area (Å²) < 4.78 is 11.5. The number of hydrogen-bond donors (Lipinski definition) is 1. The van der Waals surface area contributed by atoms with Crippen LogP contribution in [0.2, 0.25) is 0 Å². The number of hydrogen-bond acceptors (Lipinski definition) is 4. The number of carbonyl (C=O) groups is 1. The molecule has 0 radical (unpaired) electrons. The Labute approximate surface area is 127 Å². The number of ether oxygens (including phenoxy) is 2. The van der Waals surface area contributed by atoms with Gasteiger partial charge in [0.1, 0.15) is 0 Å². The van der Waals surface area contributed by atoms with Crippen molar-refractivity contribution in [2.24, 2.45) is 0 Å². The van der Waals surface area contributed by atoms with E-state index in [9.17, 15) is 4.79 Å². The summed E-state index contributed by atoms with van der Waals surface area (Å²) in [6, 6.07) is -0.0535. The number of nitrogens with zero attached hydrogens (tertiary/aromatic N) is 1. The molecule has 1 saturated carbocycles. The zero-order valence-electron chi connectivity index (χ0n) is 13.1. The highest BCUT2D eigenvalue weighted by molar-refractivity contribution is 5.82. The number of likely N-dealkylation sites (tertiary alicyclic amines) is 1. The smallest absolute Gasteiger partial charge is 0.239 e. The van der Waals surface area contributed by atoms with Crippen LogP contribution in [0.5, 0.6) is 0 Å². The van der Waals surface area contributed by atoms with Gasteiger partial charge in [0.2, 0.25) is 5.91 Å². The quantitative estimate of drug-likeness (QED) is 0.850. The normalized spacial score (nSPS) is 32.0. The topological polar surface area (TPSA) is 50.8 Å². The number of amides is 1. The third-order valence-electron chi connectivity index (χ3n) is 5.16.